The third-order valence-electron chi connectivity index (χ3n) is 9.96. The summed E-state index contributed by atoms with van der Waals surface area (Å²) in [5, 5.41) is 4.59. The molecule has 10 aromatic rings. The van der Waals surface area contributed by atoms with Gasteiger partial charge in [0.1, 0.15) is 11.2 Å². The van der Waals surface area contributed by atoms with Crippen LogP contribution in [0.15, 0.2) is 193 Å². The smallest absolute Gasteiger partial charge is 0.160 e. The zero-order chi connectivity index (χ0) is 35.1. The Morgan fingerprint density at radius 3 is 1.85 bits per heavy atom. The second-order valence-electron chi connectivity index (χ2n) is 13.3. The van der Waals surface area contributed by atoms with Gasteiger partial charge in [-0.15, -0.1) is 0 Å². The predicted octanol–water partition coefficient (Wildman–Crippen LogP) is 12.9. The Labute approximate surface area is 306 Å². The van der Waals surface area contributed by atoms with E-state index in [0.29, 0.717) is 5.82 Å². The van der Waals surface area contributed by atoms with Crippen molar-refractivity contribution in [3.63, 3.8) is 0 Å². The number of para-hydroxylation sites is 2. The Kier molecular flexibility index (Phi) is 7.43. The van der Waals surface area contributed by atoms with Crippen molar-refractivity contribution in [2.75, 3.05) is 0 Å². The van der Waals surface area contributed by atoms with Crippen LogP contribution in [0.2, 0.25) is 0 Å². The molecule has 0 saturated carbocycles. The van der Waals surface area contributed by atoms with Crippen LogP contribution in [0.25, 0.3) is 100.0 Å². The molecule has 0 saturated heterocycles. The standard InChI is InChI=1S/C49H31N3O/c1-2-13-33(14-3-1)49-51-45(35-17-8-16-34(26-35)36-18-11-25-50-31-36)30-46(52-49)39-28-37(41-21-9-15-32-12-4-5-19-40(32)41)27-38(29-39)42-22-10-23-44-43-20-6-7-24-47(43)53-48(42)44/h1-31H. The molecule has 0 N–H and O–H groups in total. The summed E-state index contributed by atoms with van der Waals surface area (Å²) in [5.74, 6) is 0.668. The third kappa shape index (κ3) is 5.63. The lowest BCUT2D eigenvalue weighted by atomic mass is 9.91. The van der Waals surface area contributed by atoms with Gasteiger partial charge in [-0.2, -0.15) is 0 Å². The number of benzene rings is 7. The Hall–Kier alpha value is -7.17. The van der Waals surface area contributed by atoms with Crippen molar-refractivity contribution in [1.82, 2.24) is 15.0 Å². The Balaban J connectivity index is 1.23. The van der Waals surface area contributed by atoms with E-state index in [0.717, 1.165) is 83.4 Å². The second kappa shape index (κ2) is 12.9. The summed E-state index contributed by atoms with van der Waals surface area (Å²) in [6.07, 6.45) is 3.69. The molecule has 0 aliphatic rings. The molecule has 0 aliphatic heterocycles. The zero-order valence-corrected chi connectivity index (χ0v) is 28.6. The summed E-state index contributed by atoms with van der Waals surface area (Å²) in [7, 11) is 0. The number of hydrogen-bond acceptors (Lipinski definition) is 4. The van der Waals surface area contributed by atoms with Gasteiger partial charge in [0.15, 0.2) is 5.82 Å². The number of fused-ring (bicyclic) bond motifs is 4. The van der Waals surface area contributed by atoms with E-state index in [4.69, 9.17) is 14.4 Å². The molecule has 0 aliphatic carbocycles. The quantitative estimate of drug-likeness (QED) is 0.176. The normalized spacial score (nSPS) is 11.4. The molecule has 7 aromatic carbocycles. The van der Waals surface area contributed by atoms with Crippen molar-refractivity contribution in [3.8, 4) is 67.3 Å². The fraction of sp³-hybridized carbons (Fsp3) is 0. The van der Waals surface area contributed by atoms with Crippen molar-refractivity contribution >= 4 is 32.7 Å². The lowest BCUT2D eigenvalue weighted by Crippen LogP contribution is -1.97. The van der Waals surface area contributed by atoms with Crippen LogP contribution >= 0.6 is 0 Å². The summed E-state index contributed by atoms with van der Waals surface area (Å²) in [4.78, 5) is 14.8. The Bertz CT molecular complexity index is 2940. The average molecular weight is 678 g/mol. The molecular formula is C49H31N3O. The van der Waals surface area contributed by atoms with Crippen molar-refractivity contribution in [1.29, 1.82) is 0 Å². The van der Waals surface area contributed by atoms with Crippen LogP contribution in [0.1, 0.15) is 0 Å². The van der Waals surface area contributed by atoms with Gasteiger partial charge >= 0.3 is 0 Å². The molecule has 0 unspecified atom stereocenters. The maximum atomic E-state index is 6.57. The summed E-state index contributed by atoms with van der Waals surface area (Å²) < 4.78 is 6.57. The van der Waals surface area contributed by atoms with E-state index in [1.165, 1.54) is 10.8 Å². The highest BCUT2D eigenvalue weighted by molar-refractivity contribution is 6.10. The largest absolute Gasteiger partial charge is 0.455 e. The van der Waals surface area contributed by atoms with Gasteiger partial charge in [0.2, 0.25) is 0 Å². The first-order valence-corrected chi connectivity index (χ1v) is 17.7. The van der Waals surface area contributed by atoms with Gasteiger partial charge in [0.05, 0.1) is 11.4 Å². The maximum Gasteiger partial charge on any atom is 0.160 e. The molecule has 0 fully saturated rings. The van der Waals surface area contributed by atoms with Crippen molar-refractivity contribution < 1.29 is 4.42 Å². The minimum atomic E-state index is 0.668. The number of aromatic nitrogens is 3. The fourth-order valence-corrected chi connectivity index (χ4v) is 7.39. The molecular weight excluding hydrogens is 647 g/mol. The molecule has 0 spiro atoms. The Morgan fingerprint density at radius 2 is 0.981 bits per heavy atom. The van der Waals surface area contributed by atoms with E-state index in [2.05, 4.69) is 145 Å². The first-order valence-electron chi connectivity index (χ1n) is 17.7. The van der Waals surface area contributed by atoms with Gasteiger partial charge in [-0.3, -0.25) is 4.98 Å². The lowest BCUT2D eigenvalue weighted by Gasteiger charge is -2.15. The highest BCUT2D eigenvalue weighted by atomic mass is 16.3. The number of hydrogen-bond donors (Lipinski definition) is 0. The highest BCUT2D eigenvalue weighted by Gasteiger charge is 2.17. The van der Waals surface area contributed by atoms with Crippen LogP contribution in [0.3, 0.4) is 0 Å². The van der Waals surface area contributed by atoms with E-state index in [-0.39, 0.29) is 0 Å². The number of nitrogens with zero attached hydrogens (tertiary/aromatic N) is 3. The van der Waals surface area contributed by atoms with E-state index >= 15 is 0 Å². The van der Waals surface area contributed by atoms with E-state index in [1.807, 2.05) is 42.6 Å². The molecule has 3 heterocycles. The molecule has 0 amide bonds. The van der Waals surface area contributed by atoms with Crippen molar-refractivity contribution in [2.45, 2.75) is 0 Å². The molecule has 0 bridgehead atoms. The molecule has 10 rings (SSSR count). The number of rotatable bonds is 6. The van der Waals surface area contributed by atoms with Gasteiger partial charge in [0.25, 0.3) is 0 Å². The van der Waals surface area contributed by atoms with Gasteiger partial charge in [0, 0.05) is 51.0 Å². The van der Waals surface area contributed by atoms with Crippen LogP contribution in [-0.4, -0.2) is 15.0 Å². The van der Waals surface area contributed by atoms with E-state index < -0.39 is 0 Å². The van der Waals surface area contributed by atoms with Crippen LogP contribution in [-0.2, 0) is 0 Å². The molecule has 0 atom stereocenters. The molecule has 248 valence electrons. The van der Waals surface area contributed by atoms with E-state index in [1.54, 1.807) is 6.20 Å². The summed E-state index contributed by atoms with van der Waals surface area (Å²) in [6, 6.07) is 61.4. The van der Waals surface area contributed by atoms with E-state index in [9.17, 15) is 0 Å². The summed E-state index contributed by atoms with van der Waals surface area (Å²) >= 11 is 0. The van der Waals surface area contributed by atoms with Gasteiger partial charge in [-0.25, -0.2) is 9.97 Å². The SMILES string of the molecule is c1ccc(-c2nc(-c3cccc(-c4cccnc4)c3)cc(-c3cc(-c4cccc5ccccc45)cc(-c4cccc5c4oc4ccccc45)c3)n2)cc1. The van der Waals surface area contributed by atoms with Gasteiger partial charge < -0.3 is 4.42 Å². The summed E-state index contributed by atoms with van der Waals surface area (Å²) in [5.41, 5.74) is 12.8. The molecule has 3 aromatic heterocycles. The fourth-order valence-electron chi connectivity index (χ4n) is 7.39. The molecule has 53 heavy (non-hydrogen) atoms. The lowest BCUT2D eigenvalue weighted by molar-refractivity contribution is 0.670. The monoisotopic (exact) mass is 677 g/mol. The van der Waals surface area contributed by atoms with Crippen LogP contribution in [0.4, 0.5) is 0 Å². The second-order valence-corrected chi connectivity index (χ2v) is 13.3. The molecule has 0 radical (unpaired) electrons. The minimum Gasteiger partial charge on any atom is -0.455 e. The summed E-state index contributed by atoms with van der Waals surface area (Å²) in [6.45, 7) is 0. The Morgan fingerprint density at radius 1 is 0.377 bits per heavy atom. The first-order chi connectivity index (χ1) is 26.2. The maximum absolute atomic E-state index is 6.57. The van der Waals surface area contributed by atoms with Crippen LogP contribution in [0.5, 0.6) is 0 Å². The minimum absolute atomic E-state index is 0.668. The van der Waals surface area contributed by atoms with Crippen molar-refractivity contribution in [2.24, 2.45) is 0 Å². The topological polar surface area (TPSA) is 51.8 Å². The number of pyridine rings is 1. The highest BCUT2D eigenvalue weighted by Crippen LogP contribution is 2.41. The first kappa shape index (κ1) is 30.6. The van der Waals surface area contributed by atoms with Crippen LogP contribution < -0.4 is 0 Å². The molecule has 4 heteroatoms. The molecule has 4 nitrogen and oxygen atoms in total. The zero-order valence-electron chi connectivity index (χ0n) is 28.6. The van der Waals surface area contributed by atoms with Gasteiger partial charge in [-0.05, 0) is 75.5 Å². The van der Waals surface area contributed by atoms with Crippen LogP contribution in [0, 0.1) is 0 Å². The third-order valence-corrected chi connectivity index (χ3v) is 9.96. The number of furan rings is 1. The average Bonchev–Trinajstić information content (AvgIpc) is 3.63. The van der Waals surface area contributed by atoms with Crippen molar-refractivity contribution in [3.05, 3.63) is 188 Å². The van der Waals surface area contributed by atoms with Gasteiger partial charge in [-0.1, -0.05) is 133 Å². The predicted molar refractivity (Wildman–Crippen MR) is 217 cm³/mol.